The molecule has 0 spiro atoms. The van der Waals surface area contributed by atoms with Gasteiger partial charge in [0.2, 0.25) is 0 Å². The Bertz CT molecular complexity index is 1060. The number of hydrogen-bond donors (Lipinski definition) is 1. The molecule has 2 aromatic carbocycles. The summed E-state index contributed by atoms with van der Waals surface area (Å²) >= 11 is 5.98. The van der Waals surface area contributed by atoms with Crippen molar-refractivity contribution in [2.24, 2.45) is 0 Å². The SMILES string of the molecule is C=CCc1cc(C=C(C#N)C(=O)NC2CCCCC2)cc(OCC)c1OCc1ccc(Cl)cc1. The van der Waals surface area contributed by atoms with E-state index in [2.05, 4.69) is 18.0 Å². The monoisotopic (exact) mass is 478 g/mol. The van der Waals surface area contributed by atoms with E-state index >= 15 is 0 Å². The number of nitrogens with zero attached hydrogens (tertiary/aromatic N) is 1. The zero-order valence-corrected chi connectivity index (χ0v) is 20.4. The highest BCUT2D eigenvalue weighted by atomic mass is 35.5. The van der Waals surface area contributed by atoms with Gasteiger partial charge in [0.15, 0.2) is 11.5 Å². The highest BCUT2D eigenvalue weighted by Crippen LogP contribution is 2.35. The number of carbonyl (C=O) groups is 1. The third-order valence-corrected chi connectivity index (χ3v) is 5.98. The first kappa shape index (κ1) is 25.4. The maximum Gasteiger partial charge on any atom is 0.262 e. The number of carbonyl (C=O) groups excluding carboxylic acids is 1. The van der Waals surface area contributed by atoms with Gasteiger partial charge < -0.3 is 14.8 Å². The maximum absolute atomic E-state index is 12.7. The molecule has 0 saturated heterocycles. The van der Waals surface area contributed by atoms with Crippen molar-refractivity contribution in [2.75, 3.05) is 6.61 Å². The van der Waals surface area contributed by atoms with Crippen LogP contribution < -0.4 is 14.8 Å². The van der Waals surface area contributed by atoms with Crippen LogP contribution in [0.4, 0.5) is 0 Å². The zero-order chi connectivity index (χ0) is 24.3. The Labute approximate surface area is 207 Å². The van der Waals surface area contributed by atoms with E-state index in [1.165, 1.54) is 6.42 Å². The van der Waals surface area contributed by atoms with Crippen molar-refractivity contribution in [1.82, 2.24) is 5.32 Å². The van der Waals surface area contributed by atoms with Crippen LogP contribution in [0.1, 0.15) is 55.7 Å². The summed E-state index contributed by atoms with van der Waals surface area (Å²) in [6.07, 6.45) is 9.28. The normalized spacial score (nSPS) is 14.2. The van der Waals surface area contributed by atoms with Gasteiger partial charge in [-0.05, 0) is 67.7 Å². The number of benzene rings is 2. The van der Waals surface area contributed by atoms with E-state index in [0.717, 1.165) is 36.8 Å². The summed E-state index contributed by atoms with van der Waals surface area (Å²) in [4.78, 5) is 12.7. The van der Waals surface area contributed by atoms with Crippen LogP contribution >= 0.6 is 11.6 Å². The first-order valence-electron chi connectivity index (χ1n) is 11.7. The molecule has 6 heteroatoms. The molecule has 1 aliphatic rings. The number of hydrogen-bond acceptors (Lipinski definition) is 4. The molecular weight excluding hydrogens is 448 g/mol. The number of halogens is 1. The Kier molecular flexibility index (Phi) is 9.61. The standard InChI is InChI=1S/C28H31ClN2O3/c1-3-8-22-15-21(16-23(18-30)28(32)31-25-9-6-5-7-10-25)17-26(33-4-2)27(22)34-19-20-11-13-24(29)14-12-20/h3,11-17,25H,1,4-10,19H2,2H3,(H,31,32). The van der Waals surface area contributed by atoms with Gasteiger partial charge in [0.1, 0.15) is 18.2 Å². The molecule has 5 nitrogen and oxygen atoms in total. The van der Waals surface area contributed by atoms with Crippen LogP contribution in [0.25, 0.3) is 6.08 Å². The predicted octanol–water partition coefficient (Wildman–Crippen LogP) is 6.40. The highest BCUT2D eigenvalue weighted by Gasteiger charge is 2.19. The third kappa shape index (κ3) is 7.13. The molecule has 3 rings (SSSR count). The average molecular weight is 479 g/mol. The Hall–Kier alpha value is -3.23. The predicted molar refractivity (Wildman–Crippen MR) is 136 cm³/mol. The Morgan fingerprint density at radius 3 is 2.59 bits per heavy atom. The van der Waals surface area contributed by atoms with Gasteiger partial charge >= 0.3 is 0 Å². The molecule has 34 heavy (non-hydrogen) atoms. The summed E-state index contributed by atoms with van der Waals surface area (Å²) in [6, 6.07) is 13.4. The van der Waals surface area contributed by atoms with E-state index in [9.17, 15) is 10.1 Å². The molecule has 1 aliphatic carbocycles. The van der Waals surface area contributed by atoms with Gasteiger partial charge in [-0.15, -0.1) is 6.58 Å². The highest BCUT2D eigenvalue weighted by molar-refractivity contribution is 6.30. The minimum Gasteiger partial charge on any atom is -0.490 e. The minimum absolute atomic E-state index is 0.0763. The Morgan fingerprint density at radius 2 is 1.94 bits per heavy atom. The molecule has 1 fully saturated rings. The van der Waals surface area contributed by atoms with Crippen molar-refractivity contribution < 1.29 is 14.3 Å². The number of nitriles is 1. The van der Waals surface area contributed by atoms with E-state index in [1.807, 2.05) is 37.3 Å². The van der Waals surface area contributed by atoms with Gasteiger partial charge in [-0.2, -0.15) is 5.26 Å². The molecule has 1 saturated carbocycles. The molecular formula is C28H31ClN2O3. The number of allylic oxidation sites excluding steroid dienone is 1. The molecule has 1 amide bonds. The smallest absolute Gasteiger partial charge is 0.262 e. The van der Waals surface area contributed by atoms with Crippen molar-refractivity contribution in [1.29, 1.82) is 5.26 Å². The van der Waals surface area contributed by atoms with Gasteiger partial charge in [-0.25, -0.2) is 0 Å². The second-order valence-electron chi connectivity index (χ2n) is 8.33. The maximum atomic E-state index is 12.7. The van der Waals surface area contributed by atoms with Gasteiger partial charge in [0, 0.05) is 16.6 Å². The van der Waals surface area contributed by atoms with Crippen molar-refractivity contribution in [3.8, 4) is 17.6 Å². The molecule has 178 valence electrons. The first-order valence-corrected chi connectivity index (χ1v) is 12.1. The second kappa shape index (κ2) is 12.9. The Balaban J connectivity index is 1.87. The molecule has 0 atom stereocenters. The molecule has 0 aromatic heterocycles. The van der Waals surface area contributed by atoms with Gasteiger partial charge in [-0.3, -0.25) is 4.79 Å². The number of rotatable bonds is 10. The van der Waals surface area contributed by atoms with Crippen LogP contribution in [-0.2, 0) is 17.8 Å². The fourth-order valence-corrected chi connectivity index (χ4v) is 4.19. The number of nitrogens with one attached hydrogen (secondary N) is 1. The lowest BCUT2D eigenvalue weighted by Gasteiger charge is -2.22. The van der Waals surface area contributed by atoms with E-state index in [0.29, 0.717) is 41.7 Å². The number of amides is 1. The van der Waals surface area contributed by atoms with Gasteiger partial charge in [0.25, 0.3) is 5.91 Å². The van der Waals surface area contributed by atoms with Crippen LogP contribution in [0.3, 0.4) is 0 Å². The van der Waals surface area contributed by atoms with Crippen molar-refractivity contribution in [2.45, 2.75) is 58.1 Å². The summed E-state index contributed by atoms with van der Waals surface area (Å²) in [5, 5.41) is 13.3. The zero-order valence-electron chi connectivity index (χ0n) is 19.6. The fourth-order valence-electron chi connectivity index (χ4n) is 4.06. The van der Waals surface area contributed by atoms with Gasteiger partial charge in [-0.1, -0.05) is 49.1 Å². The van der Waals surface area contributed by atoms with Crippen LogP contribution in [0.2, 0.25) is 5.02 Å². The largest absolute Gasteiger partial charge is 0.490 e. The molecule has 0 aliphatic heterocycles. The van der Waals surface area contributed by atoms with Crippen molar-refractivity contribution in [3.05, 3.63) is 76.3 Å². The van der Waals surface area contributed by atoms with Crippen LogP contribution in [0.5, 0.6) is 11.5 Å². The van der Waals surface area contributed by atoms with Crippen molar-refractivity contribution >= 4 is 23.6 Å². The summed E-state index contributed by atoms with van der Waals surface area (Å²) in [5.41, 5.74) is 2.62. The summed E-state index contributed by atoms with van der Waals surface area (Å²) in [7, 11) is 0. The number of ether oxygens (including phenoxy) is 2. The lowest BCUT2D eigenvalue weighted by molar-refractivity contribution is -0.117. The van der Waals surface area contributed by atoms with Crippen LogP contribution in [-0.4, -0.2) is 18.6 Å². The van der Waals surface area contributed by atoms with E-state index < -0.39 is 0 Å². The van der Waals surface area contributed by atoms with E-state index in [4.69, 9.17) is 21.1 Å². The quantitative estimate of drug-likeness (QED) is 0.243. The summed E-state index contributed by atoms with van der Waals surface area (Å²) < 4.78 is 12.0. The molecule has 0 heterocycles. The van der Waals surface area contributed by atoms with Crippen molar-refractivity contribution in [3.63, 3.8) is 0 Å². The molecule has 1 N–H and O–H groups in total. The van der Waals surface area contributed by atoms with E-state index in [-0.39, 0.29) is 17.5 Å². The second-order valence-corrected chi connectivity index (χ2v) is 8.76. The minimum atomic E-state index is -0.333. The van der Waals surface area contributed by atoms with Gasteiger partial charge in [0.05, 0.1) is 6.61 Å². The van der Waals surface area contributed by atoms with Crippen LogP contribution in [0.15, 0.2) is 54.6 Å². The van der Waals surface area contributed by atoms with Crippen LogP contribution in [0, 0.1) is 11.3 Å². The molecule has 0 radical (unpaired) electrons. The summed E-state index contributed by atoms with van der Waals surface area (Å²) in [5.74, 6) is 0.853. The lowest BCUT2D eigenvalue weighted by atomic mass is 9.95. The molecule has 0 unspecified atom stereocenters. The molecule has 0 bridgehead atoms. The Morgan fingerprint density at radius 1 is 1.21 bits per heavy atom. The third-order valence-electron chi connectivity index (χ3n) is 5.73. The summed E-state index contributed by atoms with van der Waals surface area (Å²) in [6.45, 7) is 6.56. The van der Waals surface area contributed by atoms with E-state index in [1.54, 1.807) is 18.2 Å². The lowest BCUT2D eigenvalue weighted by Crippen LogP contribution is -2.36. The molecule has 2 aromatic rings. The fraction of sp³-hybridized carbons (Fsp3) is 0.357. The topological polar surface area (TPSA) is 71.4 Å². The first-order chi connectivity index (χ1) is 16.5. The average Bonchev–Trinajstić information content (AvgIpc) is 2.84.